The van der Waals surface area contributed by atoms with Crippen molar-refractivity contribution in [2.45, 2.75) is 26.2 Å². The normalized spacial score (nSPS) is 14.3. The van der Waals surface area contributed by atoms with Crippen molar-refractivity contribution in [2.75, 3.05) is 0 Å². The van der Waals surface area contributed by atoms with Gasteiger partial charge in [0.1, 0.15) is 11.2 Å². The number of fused-ring (bicyclic) bond motifs is 7. The molecule has 140 valence electrons. The summed E-state index contributed by atoms with van der Waals surface area (Å²) < 4.78 is 6.65. The number of aryl methyl sites for hydroxylation is 1. The second-order valence-electron chi connectivity index (χ2n) is 8.36. The van der Waals surface area contributed by atoms with Gasteiger partial charge >= 0.3 is 0 Å². The molecule has 1 aliphatic carbocycles. The van der Waals surface area contributed by atoms with E-state index in [0.717, 1.165) is 38.8 Å². The number of aromatic nitrogens is 2. The first-order valence-electron chi connectivity index (χ1n) is 9.93. The van der Waals surface area contributed by atoms with Crippen LogP contribution in [0.25, 0.3) is 44.3 Å². The topological polar surface area (TPSA) is 38.9 Å². The van der Waals surface area contributed by atoms with Crippen LogP contribution in [-0.4, -0.2) is 9.97 Å². The number of nitrogens with zero attached hydrogens (tertiary/aromatic N) is 2. The van der Waals surface area contributed by atoms with E-state index < -0.39 is 0 Å². The largest absolute Gasteiger partial charge is 0.455 e. The van der Waals surface area contributed by atoms with Crippen LogP contribution < -0.4 is 0 Å². The molecule has 0 aliphatic heterocycles. The Labute approximate surface area is 169 Å². The summed E-state index contributed by atoms with van der Waals surface area (Å²) in [6, 6.07) is 16.9. The van der Waals surface area contributed by atoms with Crippen LogP contribution in [0.1, 0.15) is 30.5 Å². The summed E-state index contributed by atoms with van der Waals surface area (Å²) in [7, 11) is 0. The van der Waals surface area contributed by atoms with Crippen molar-refractivity contribution >= 4 is 21.9 Å². The average Bonchev–Trinajstić information content (AvgIpc) is 3.22. The lowest BCUT2D eigenvalue weighted by Crippen LogP contribution is -2.14. The van der Waals surface area contributed by atoms with Crippen LogP contribution in [0.3, 0.4) is 0 Å². The van der Waals surface area contributed by atoms with Crippen LogP contribution in [0.4, 0.5) is 0 Å². The highest BCUT2D eigenvalue weighted by molar-refractivity contribution is 6.14. The van der Waals surface area contributed by atoms with E-state index in [1.807, 2.05) is 36.8 Å². The van der Waals surface area contributed by atoms with E-state index in [9.17, 15) is 0 Å². The summed E-state index contributed by atoms with van der Waals surface area (Å²) >= 11 is 0. The van der Waals surface area contributed by atoms with Gasteiger partial charge in [-0.15, -0.1) is 0 Å². The van der Waals surface area contributed by atoms with Crippen molar-refractivity contribution in [1.82, 2.24) is 9.97 Å². The SMILES string of the molecule is Cc1ccc2c(oc3c4c(ccc32)C(C)(C)c2cnccc2-4)c1-c1ccccn1. The zero-order valence-corrected chi connectivity index (χ0v) is 16.7. The zero-order valence-electron chi connectivity index (χ0n) is 16.7. The fourth-order valence-electron chi connectivity index (χ4n) is 4.87. The fraction of sp³-hybridized carbons (Fsp3) is 0.154. The highest BCUT2D eigenvalue weighted by atomic mass is 16.3. The fourth-order valence-corrected chi connectivity index (χ4v) is 4.87. The van der Waals surface area contributed by atoms with Crippen molar-refractivity contribution in [1.29, 1.82) is 0 Å². The Morgan fingerprint density at radius 1 is 0.793 bits per heavy atom. The van der Waals surface area contributed by atoms with E-state index in [2.05, 4.69) is 61.1 Å². The first-order chi connectivity index (χ1) is 14.1. The molecular weight excluding hydrogens is 356 g/mol. The summed E-state index contributed by atoms with van der Waals surface area (Å²) in [5, 5.41) is 2.28. The molecule has 0 spiro atoms. The number of hydrogen-bond acceptors (Lipinski definition) is 3. The van der Waals surface area contributed by atoms with Gasteiger partial charge in [0.05, 0.1) is 5.69 Å². The Hall–Kier alpha value is -3.46. The molecule has 6 rings (SSSR count). The van der Waals surface area contributed by atoms with Crippen molar-refractivity contribution < 1.29 is 4.42 Å². The second-order valence-corrected chi connectivity index (χ2v) is 8.36. The van der Waals surface area contributed by atoms with E-state index in [1.165, 1.54) is 22.3 Å². The lowest BCUT2D eigenvalue weighted by molar-refractivity contribution is 0.651. The van der Waals surface area contributed by atoms with Crippen LogP contribution >= 0.6 is 0 Å². The molecule has 3 aromatic heterocycles. The molecule has 0 amide bonds. The van der Waals surface area contributed by atoms with Gasteiger partial charge in [-0.1, -0.05) is 44.2 Å². The first-order valence-corrected chi connectivity index (χ1v) is 9.93. The molecule has 3 heteroatoms. The van der Waals surface area contributed by atoms with Crippen molar-refractivity contribution in [3.8, 4) is 22.4 Å². The van der Waals surface area contributed by atoms with Crippen LogP contribution in [0.5, 0.6) is 0 Å². The maximum Gasteiger partial charge on any atom is 0.145 e. The van der Waals surface area contributed by atoms with Gasteiger partial charge in [0.15, 0.2) is 0 Å². The molecule has 29 heavy (non-hydrogen) atoms. The zero-order chi connectivity index (χ0) is 19.8. The van der Waals surface area contributed by atoms with Gasteiger partial charge < -0.3 is 4.42 Å². The van der Waals surface area contributed by atoms with Crippen molar-refractivity contribution in [3.63, 3.8) is 0 Å². The van der Waals surface area contributed by atoms with Gasteiger partial charge in [-0.2, -0.15) is 0 Å². The third kappa shape index (κ3) is 2.07. The third-order valence-electron chi connectivity index (χ3n) is 6.38. The monoisotopic (exact) mass is 376 g/mol. The number of pyridine rings is 2. The summed E-state index contributed by atoms with van der Waals surface area (Å²) in [6.45, 7) is 6.64. The van der Waals surface area contributed by atoms with Gasteiger partial charge in [0, 0.05) is 45.9 Å². The van der Waals surface area contributed by atoms with Gasteiger partial charge in [0.25, 0.3) is 0 Å². The number of benzene rings is 2. The maximum atomic E-state index is 6.65. The minimum atomic E-state index is -0.0914. The van der Waals surface area contributed by atoms with Gasteiger partial charge in [-0.05, 0) is 47.4 Å². The Morgan fingerprint density at radius 2 is 1.59 bits per heavy atom. The van der Waals surface area contributed by atoms with Gasteiger partial charge in [-0.3, -0.25) is 9.97 Å². The Bertz CT molecular complexity index is 1430. The third-order valence-corrected chi connectivity index (χ3v) is 6.38. The van der Waals surface area contributed by atoms with Crippen LogP contribution in [0.2, 0.25) is 0 Å². The second kappa shape index (κ2) is 5.54. The average molecular weight is 376 g/mol. The predicted molar refractivity (Wildman–Crippen MR) is 117 cm³/mol. The van der Waals surface area contributed by atoms with Crippen LogP contribution in [0, 0.1) is 6.92 Å². The first kappa shape index (κ1) is 16.5. The standard InChI is InChI=1S/C26H20N2O/c1-15-7-8-16-17-9-10-19-23(18-11-13-27-14-20(18)26(19,2)3)25(17)29-24(16)22(15)21-6-4-5-12-28-21/h4-14H,1-3H3. The van der Waals surface area contributed by atoms with Gasteiger partial charge in [0.2, 0.25) is 0 Å². The van der Waals surface area contributed by atoms with E-state index in [0.29, 0.717) is 0 Å². The molecule has 0 unspecified atom stereocenters. The molecule has 0 fully saturated rings. The summed E-state index contributed by atoms with van der Waals surface area (Å²) in [5.41, 5.74) is 9.92. The molecule has 1 aliphatic rings. The minimum Gasteiger partial charge on any atom is -0.455 e. The van der Waals surface area contributed by atoms with Crippen molar-refractivity contribution in [3.05, 3.63) is 83.8 Å². The molecule has 0 atom stereocenters. The molecular formula is C26H20N2O. The molecule has 5 aromatic rings. The predicted octanol–water partition coefficient (Wildman–Crippen LogP) is 6.66. The lowest BCUT2D eigenvalue weighted by Gasteiger charge is -2.20. The molecule has 2 aromatic carbocycles. The van der Waals surface area contributed by atoms with Crippen molar-refractivity contribution in [2.24, 2.45) is 0 Å². The molecule has 0 N–H and O–H groups in total. The van der Waals surface area contributed by atoms with E-state index in [-0.39, 0.29) is 5.41 Å². The number of hydrogen-bond donors (Lipinski definition) is 0. The highest BCUT2D eigenvalue weighted by Gasteiger charge is 2.37. The smallest absolute Gasteiger partial charge is 0.145 e. The quantitative estimate of drug-likeness (QED) is 0.328. The molecule has 3 heterocycles. The Balaban J connectivity index is 1.77. The minimum absolute atomic E-state index is 0.0914. The number of furan rings is 1. The molecule has 3 nitrogen and oxygen atoms in total. The highest BCUT2D eigenvalue weighted by Crippen LogP contribution is 2.52. The summed E-state index contributed by atoms with van der Waals surface area (Å²) in [6.07, 6.45) is 5.70. The number of rotatable bonds is 1. The van der Waals surface area contributed by atoms with E-state index in [4.69, 9.17) is 4.42 Å². The molecule has 0 radical (unpaired) electrons. The summed E-state index contributed by atoms with van der Waals surface area (Å²) in [4.78, 5) is 8.98. The molecule has 0 bridgehead atoms. The summed E-state index contributed by atoms with van der Waals surface area (Å²) in [5.74, 6) is 0. The maximum absolute atomic E-state index is 6.65. The Kier molecular flexibility index (Phi) is 3.15. The van der Waals surface area contributed by atoms with Crippen LogP contribution in [0.15, 0.2) is 71.5 Å². The van der Waals surface area contributed by atoms with E-state index >= 15 is 0 Å². The van der Waals surface area contributed by atoms with E-state index in [1.54, 1.807) is 0 Å². The van der Waals surface area contributed by atoms with Crippen LogP contribution in [-0.2, 0) is 5.41 Å². The lowest BCUT2D eigenvalue weighted by atomic mass is 9.83. The Morgan fingerprint density at radius 3 is 2.38 bits per heavy atom. The molecule has 0 saturated carbocycles. The van der Waals surface area contributed by atoms with Gasteiger partial charge in [-0.25, -0.2) is 0 Å². The molecule has 0 saturated heterocycles.